The molecule has 3 aromatic rings. The Morgan fingerprint density at radius 1 is 1.03 bits per heavy atom. The minimum Gasteiger partial charge on any atom is -0.375 e. The van der Waals surface area contributed by atoms with Crippen molar-refractivity contribution >= 4 is 40.6 Å². The molecule has 0 radical (unpaired) electrons. The van der Waals surface area contributed by atoms with Crippen molar-refractivity contribution in [1.29, 1.82) is 0 Å². The Kier molecular flexibility index (Phi) is 6.38. The number of hydrogen-bond donors (Lipinski definition) is 1. The Labute approximate surface area is 197 Å². The molecule has 1 aliphatic rings. The maximum atomic E-state index is 13.5. The predicted octanol–water partition coefficient (Wildman–Crippen LogP) is 5.95. The quantitative estimate of drug-likeness (QED) is 0.436. The maximum Gasteiger partial charge on any atom is 0.264 e. The van der Waals surface area contributed by atoms with E-state index in [1.165, 1.54) is 4.90 Å². The third-order valence-electron chi connectivity index (χ3n) is 5.81. The third kappa shape index (κ3) is 4.18. The van der Waals surface area contributed by atoms with Gasteiger partial charge in [0.2, 0.25) is 0 Å². The second-order valence-corrected chi connectivity index (χ2v) is 8.89. The first-order valence-electron chi connectivity index (χ1n) is 10.5. The average Bonchev–Trinajstić information content (AvgIpc) is 2.97. The van der Waals surface area contributed by atoms with Crippen LogP contribution in [0.2, 0.25) is 10.0 Å². The van der Waals surface area contributed by atoms with E-state index in [-0.39, 0.29) is 18.7 Å². The van der Waals surface area contributed by atoms with Gasteiger partial charge < -0.3 is 10.0 Å². The number of rotatable bonds is 7. The number of Topliss-reactive ketones (excluding diaryl/α,β-unsaturated/α-hetero) is 1. The van der Waals surface area contributed by atoms with Crippen LogP contribution in [0.1, 0.15) is 46.8 Å². The van der Waals surface area contributed by atoms with Crippen molar-refractivity contribution in [3.05, 3.63) is 99.0 Å². The van der Waals surface area contributed by atoms with Gasteiger partial charge in [0.1, 0.15) is 0 Å². The van der Waals surface area contributed by atoms with Crippen molar-refractivity contribution < 1.29 is 14.7 Å². The van der Waals surface area contributed by atoms with Crippen molar-refractivity contribution in [3.8, 4) is 0 Å². The van der Waals surface area contributed by atoms with Crippen LogP contribution in [0.3, 0.4) is 0 Å². The summed E-state index contributed by atoms with van der Waals surface area (Å²) < 4.78 is 0. The molecule has 1 aliphatic heterocycles. The number of halogens is 2. The molecule has 0 spiro atoms. The molecule has 164 valence electrons. The van der Waals surface area contributed by atoms with Crippen LogP contribution < -0.4 is 4.90 Å². The molecule has 3 aromatic carbocycles. The molecule has 1 atom stereocenters. The average molecular weight is 468 g/mol. The predicted molar refractivity (Wildman–Crippen MR) is 127 cm³/mol. The lowest BCUT2D eigenvalue weighted by molar-refractivity contribution is -0.136. The van der Waals surface area contributed by atoms with Gasteiger partial charge in [0.25, 0.3) is 5.91 Å². The molecular formula is C26H23Cl2NO3. The van der Waals surface area contributed by atoms with Crippen molar-refractivity contribution in [2.45, 2.75) is 38.3 Å². The molecule has 1 amide bonds. The molecule has 32 heavy (non-hydrogen) atoms. The number of anilines is 1. The van der Waals surface area contributed by atoms with Gasteiger partial charge in [-0.1, -0.05) is 79.0 Å². The van der Waals surface area contributed by atoms with E-state index >= 15 is 0 Å². The fourth-order valence-electron chi connectivity index (χ4n) is 4.13. The highest BCUT2D eigenvalue weighted by atomic mass is 35.5. The Morgan fingerprint density at radius 2 is 1.75 bits per heavy atom. The lowest BCUT2D eigenvalue weighted by Crippen LogP contribution is -2.41. The minimum absolute atomic E-state index is 0.176. The molecule has 4 nitrogen and oxygen atoms in total. The Bertz CT molecular complexity index is 1180. The van der Waals surface area contributed by atoms with Crippen LogP contribution in [0.5, 0.6) is 0 Å². The summed E-state index contributed by atoms with van der Waals surface area (Å²) in [6.07, 6.45) is 1.57. The molecule has 1 heterocycles. The molecule has 0 aromatic heterocycles. The summed E-state index contributed by atoms with van der Waals surface area (Å²) in [6, 6.07) is 19.4. The topological polar surface area (TPSA) is 57.6 Å². The van der Waals surface area contributed by atoms with Crippen LogP contribution in [0.4, 0.5) is 5.69 Å². The highest BCUT2D eigenvalue weighted by Crippen LogP contribution is 2.45. The summed E-state index contributed by atoms with van der Waals surface area (Å²) in [5.41, 5.74) is 1.19. The second kappa shape index (κ2) is 9.07. The molecule has 4 rings (SSSR count). The highest BCUT2D eigenvalue weighted by Gasteiger charge is 2.51. The van der Waals surface area contributed by atoms with E-state index in [4.69, 9.17) is 23.2 Å². The summed E-state index contributed by atoms with van der Waals surface area (Å²) in [7, 11) is 0. The van der Waals surface area contributed by atoms with Crippen LogP contribution in [0.15, 0.2) is 66.7 Å². The summed E-state index contributed by atoms with van der Waals surface area (Å²) in [5.74, 6) is -0.875. The van der Waals surface area contributed by atoms with E-state index in [1.807, 2.05) is 30.3 Å². The number of aryl methyl sites for hydroxylation is 1. The first kappa shape index (κ1) is 22.5. The van der Waals surface area contributed by atoms with Gasteiger partial charge in [0.05, 0.1) is 18.7 Å². The SMILES string of the molecule is CCCc1ccc(C(=O)C[C@]2(O)C(=O)N(Cc3ccccc3Cl)c3ccc(Cl)cc32)cc1. The largest absolute Gasteiger partial charge is 0.375 e. The first-order valence-corrected chi connectivity index (χ1v) is 11.3. The number of aliphatic hydroxyl groups is 1. The maximum absolute atomic E-state index is 13.5. The van der Waals surface area contributed by atoms with Crippen molar-refractivity contribution in [1.82, 2.24) is 0 Å². The minimum atomic E-state index is -2.00. The Morgan fingerprint density at radius 3 is 2.44 bits per heavy atom. The fraction of sp³-hybridized carbons (Fsp3) is 0.231. The van der Waals surface area contributed by atoms with Crippen LogP contribution >= 0.6 is 23.2 Å². The summed E-state index contributed by atoms with van der Waals surface area (Å²) in [4.78, 5) is 28.0. The number of ketones is 1. The lowest BCUT2D eigenvalue weighted by Gasteiger charge is -2.23. The number of carbonyl (C=O) groups excluding carboxylic acids is 2. The van der Waals surface area contributed by atoms with Gasteiger partial charge in [0.15, 0.2) is 11.4 Å². The molecule has 0 aliphatic carbocycles. The molecule has 0 unspecified atom stereocenters. The van der Waals surface area contributed by atoms with Crippen molar-refractivity contribution in [2.24, 2.45) is 0 Å². The van der Waals surface area contributed by atoms with Crippen molar-refractivity contribution in [3.63, 3.8) is 0 Å². The monoisotopic (exact) mass is 467 g/mol. The number of fused-ring (bicyclic) bond motifs is 1. The zero-order valence-corrected chi connectivity index (χ0v) is 19.2. The van der Waals surface area contributed by atoms with Crippen LogP contribution in [-0.4, -0.2) is 16.8 Å². The number of hydrogen-bond acceptors (Lipinski definition) is 3. The molecule has 0 bridgehead atoms. The lowest BCUT2D eigenvalue weighted by atomic mass is 9.88. The van der Waals surface area contributed by atoms with Crippen molar-refractivity contribution in [2.75, 3.05) is 4.90 Å². The van der Waals surface area contributed by atoms with Gasteiger partial charge >= 0.3 is 0 Å². The number of benzene rings is 3. The highest BCUT2D eigenvalue weighted by molar-refractivity contribution is 6.31. The normalized spacial score (nSPS) is 17.5. The van der Waals surface area contributed by atoms with E-state index in [9.17, 15) is 14.7 Å². The van der Waals surface area contributed by atoms with Crippen LogP contribution in [0, 0.1) is 0 Å². The molecular weight excluding hydrogens is 445 g/mol. The number of nitrogens with zero attached hydrogens (tertiary/aromatic N) is 1. The van der Waals surface area contributed by atoms with E-state index in [1.54, 1.807) is 36.4 Å². The van der Waals surface area contributed by atoms with Gasteiger partial charge in [-0.15, -0.1) is 0 Å². The van der Waals surface area contributed by atoms with E-state index in [0.29, 0.717) is 26.9 Å². The standard InChI is InChI=1S/C26H23Cl2NO3/c1-2-5-17-8-10-18(11-9-17)24(30)15-26(32)21-14-20(27)12-13-23(21)29(25(26)31)16-19-6-3-4-7-22(19)28/h3-4,6-14,32H,2,5,15-16H2,1H3/t26-/m1/s1. The summed E-state index contributed by atoms with van der Waals surface area (Å²) in [6.45, 7) is 2.27. The van der Waals surface area contributed by atoms with Crippen LogP contribution in [-0.2, 0) is 23.4 Å². The van der Waals surface area contributed by atoms with Gasteiger partial charge in [0, 0.05) is 21.2 Å². The Balaban J connectivity index is 1.67. The smallest absolute Gasteiger partial charge is 0.264 e. The molecule has 1 N–H and O–H groups in total. The van der Waals surface area contributed by atoms with Crippen LogP contribution in [0.25, 0.3) is 0 Å². The Hall–Kier alpha value is -2.66. The van der Waals surface area contributed by atoms with Gasteiger partial charge in [-0.2, -0.15) is 0 Å². The second-order valence-electron chi connectivity index (χ2n) is 8.05. The molecule has 6 heteroatoms. The van der Waals surface area contributed by atoms with E-state index < -0.39 is 11.5 Å². The third-order valence-corrected chi connectivity index (χ3v) is 6.42. The van der Waals surface area contributed by atoms with E-state index in [0.717, 1.165) is 24.0 Å². The van der Waals surface area contributed by atoms with Gasteiger partial charge in [-0.3, -0.25) is 9.59 Å². The first-order chi connectivity index (χ1) is 15.3. The van der Waals surface area contributed by atoms with Gasteiger partial charge in [-0.05, 0) is 41.8 Å². The number of carbonyl (C=O) groups is 2. The van der Waals surface area contributed by atoms with E-state index in [2.05, 4.69) is 6.92 Å². The summed E-state index contributed by atoms with van der Waals surface area (Å²) >= 11 is 12.5. The zero-order chi connectivity index (χ0) is 22.9. The fourth-order valence-corrected chi connectivity index (χ4v) is 4.50. The molecule has 0 fully saturated rings. The summed E-state index contributed by atoms with van der Waals surface area (Å²) in [5, 5.41) is 12.4. The van der Waals surface area contributed by atoms with Gasteiger partial charge in [-0.25, -0.2) is 0 Å². The number of amides is 1. The zero-order valence-electron chi connectivity index (χ0n) is 17.6. The molecule has 0 saturated heterocycles. The molecule has 0 saturated carbocycles.